The van der Waals surface area contributed by atoms with Gasteiger partial charge >= 0.3 is 8.69 Å². The first-order chi connectivity index (χ1) is 12.0. The summed E-state index contributed by atoms with van der Waals surface area (Å²) in [5.74, 6) is -0.626. The second-order valence-electron chi connectivity index (χ2n) is 8.81. The highest BCUT2D eigenvalue weighted by molar-refractivity contribution is 7.17. The summed E-state index contributed by atoms with van der Waals surface area (Å²) in [6.45, 7) is 13.5. The Morgan fingerprint density at radius 2 is 1.65 bits per heavy atom. The number of ether oxygens (including phenoxy) is 2. The lowest BCUT2D eigenvalue weighted by Crippen LogP contribution is -2.73. The molecule has 1 aliphatic rings. The summed E-state index contributed by atoms with van der Waals surface area (Å²) >= 11 is 0. The van der Waals surface area contributed by atoms with Gasteiger partial charge in [-0.1, -0.05) is 41.5 Å². The van der Waals surface area contributed by atoms with Gasteiger partial charge in [-0.05, 0) is 29.7 Å². The number of hydrogen-bond acceptors (Lipinski definition) is 6. The van der Waals surface area contributed by atoms with Crippen molar-refractivity contribution >= 4 is 8.69 Å². The molecular weight excluding hydrogens is 355 g/mol. The van der Waals surface area contributed by atoms with Crippen LogP contribution in [0.2, 0.25) is 0 Å². The number of methoxy groups -OCH3 is 1. The van der Waals surface area contributed by atoms with Gasteiger partial charge in [-0.3, -0.25) is 0 Å². The van der Waals surface area contributed by atoms with E-state index in [0.29, 0.717) is 19.0 Å². The van der Waals surface area contributed by atoms with Crippen LogP contribution in [0.4, 0.5) is 0 Å². The van der Waals surface area contributed by atoms with E-state index in [9.17, 15) is 4.57 Å². The van der Waals surface area contributed by atoms with Crippen LogP contribution >= 0.6 is 8.69 Å². The zero-order valence-electron chi connectivity index (χ0n) is 16.6. The smallest absolute Gasteiger partial charge is 0.395 e. The van der Waals surface area contributed by atoms with Crippen molar-refractivity contribution in [2.24, 2.45) is 10.8 Å². The average Bonchev–Trinajstić information content (AvgIpc) is 2.51. The lowest BCUT2D eigenvalue weighted by molar-refractivity contribution is -0.638. The summed E-state index contributed by atoms with van der Waals surface area (Å²) in [6, 6.07) is 7.06. The van der Waals surface area contributed by atoms with Crippen LogP contribution in [0.25, 0.3) is 0 Å². The predicted octanol–water partition coefficient (Wildman–Crippen LogP) is 4.88. The molecule has 0 spiro atoms. The van der Waals surface area contributed by atoms with Crippen molar-refractivity contribution in [1.29, 1.82) is 0 Å². The topological polar surface area (TPSA) is 63.2 Å². The van der Waals surface area contributed by atoms with Gasteiger partial charge in [0.2, 0.25) is 0 Å². The second-order valence-corrected chi connectivity index (χ2v) is 9.14. The fraction of sp³-hybridized carbons (Fsp3) is 0.684. The minimum Gasteiger partial charge on any atom is -0.408 e. The highest BCUT2D eigenvalue weighted by Crippen LogP contribution is 2.57. The van der Waals surface area contributed by atoms with Crippen molar-refractivity contribution in [1.82, 2.24) is 0 Å². The van der Waals surface area contributed by atoms with E-state index in [4.69, 9.17) is 23.8 Å². The van der Waals surface area contributed by atoms with Crippen LogP contribution in [0.3, 0.4) is 0 Å². The van der Waals surface area contributed by atoms with Gasteiger partial charge in [-0.25, -0.2) is 9.45 Å². The molecular formula is C19H29O6P. The summed E-state index contributed by atoms with van der Waals surface area (Å²) in [6.07, 6.45) is 0. The molecule has 1 fully saturated rings. The third kappa shape index (κ3) is 3.80. The first-order valence-electron chi connectivity index (χ1n) is 8.61. The molecule has 146 valence electrons. The van der Waals surface area contributed by atoms with Crippen LogP contribution in [0, 0.1) is 10.8 Å². The molecule has 0 radical (unpaired) electrons. The molecule has 26 heavy (non-hydrogen) atoms. The normalized spacial score (nSPS) is 26.6. The van der Waals surface area contributed by atoms with E-state index in [1.807, 2.05) is 12.1 Å². The molecule has 1 heterocycles. The Kier molecular flexibility index (Phi) is 6.16. The lowest BCUT2D eigenvalue weighted by Gasteiger charge is -2.60. The maximum Gasteiger partial charge on any atom is 0.395 e. The van der Waals surface area contributed by atoms with E-state index >= 15 is 0 Å². The van der Waals surface area contributed by atoms with Gasteiger partial charge in [-0.2, -0.15) is 4.89 Å². The first kappa shape index (κ1) is 21.3. The maximum absolute atomic E-state index is 10.6. The molecule has 2 atom stereocenters. The van der Waals surface area contributed by atoms with Gasteiger partial charge in [0.15, 0.2) is 5.60 Å². The minimum atomic E-state index is -1.11. The molecule has 1 saturated heterocycles. The molecule has 7 heteroatoms. The number of hydrogen-bond donors (Lipinski definition) is 0. The summed E-state index contributed by atoms with van der Waals surface area (Å²) in [4.78, 5) is 11.3. The molecule has 2 rings (SSSR count). The maximum atomic E-state index is 10.6. The molecule has 0 saturated carbocycles. The van der Waals surface area contributed by atoms with Gasteiger partial charge in [-0.15, -0.1) is 0 Å². The minimum absolute atomic E-state index is 0.0376. The first-order valence-corrected chi connectivity index (χ1v) is 9.34. The largest absolute Gasteiger partial charge is 0.408 e. The van der Waals surface area contributed by atoms with Gasteiger partial charge < -0.3 is 14.0 Å². The van der Waals surface area contributed by atoms with Crippen LogP contribution < -0.4 is 4.52 Å². The zero-order chi connectivity index (χ0) is 19.6. The summed E-state index contributed by atoms with van der Waals surface area (Å²) < 4.78 is 27.4. The van der Waals surface area contributed by atoms with Crippen molar-refractivity contribution in [2.75, 3.05) is 20.3 Å². The zero-order valence-corrected chi connectivity index (χ0v) is 17.5. The quantitative estimate of drug-likeness (QED) is 0.493. The SMILES string of the molecule is COC1(c2ccc(OP=O)cc2)OOC1(COCC(C)(C)C)C(C)(C)C. The Hall–Kier alpha value is -1.04. The van der Waals surface area contributed by atoms with E-state index < -0.39 is 20.1 Å². The van der Waals surface area contributed by atoms with Crippen LogP contribution in [-0.4, -0.2) is 25.9 Å². The highest BCUT2D eigenvalue weighted by Gasteiger charge is 2.71. The van der Waals surface area contributed by atoms with Gasteiger partial charge in [0.1, 0.15) is 5.75 Å². The van der Waals surface area contributed by atoms with Crippen molar-refractivity contribution < 1.29 is 28.3 Å². The van der Waals surface area contributed by atoms with Crippen molar-refractivity contribution in [3.63, 3.8) is 0 Å². The Bertz CT molecular complexity index is 614. The van der Waals surface area contributed by atoms with Crippen LogP contribution in [-0.2, 0) is 29.6 Å². The third-order valence-electron chi connectivity index (χ3n) is 4.55. The molecule has 0 amide bonds. The fourth-order valence-corrected chi connectivity index (χ4v) is 3.26. The average molecular weight is 384 g/mol. The molecule has 1 aromatic rings. The van der Waals surface area contributed by atoms with E-state index in [1.165, 1.54) is 0 Å². The van der Waals surface area contributed by atoms with Crippen LogP contribution in [0.5, 0.6) is 5.75 Å². The standard InChI is InChI=1S/C19H29O6P/c1-16(2,3)12-22-13-18(17(4,5)6)19(21-7,25-24-18)14-8-10-15(11-9-14)23-26-20/h8-11H,12-13H2,1-7H3. The summed E-state index contributed by atoms with van der Waals surface area (Å²) in [5.41, 5.74) is -0.354. The van der Waals surface area contributed by atoms with E-state index in [2.05, 4.69) is 41.5 Å². The Morgan fingerprint density at radius 3 is 2.04 bits per heavy atom. The predicted molar refractivity (Wildman–Crippen MR) is 98.0 cm³/mol. The van der Waals surface area contributed by atoms with Crippen molar-refractivity contribution in [3.8, 4) is 5.75 Å². The molecule has 0 aliphatic carbocycles. The molecule has 0 bridgehead atoms. The molecule has 6 nitrogen and oxygen atoms in total. The van der Waals surface area contributed by atoms with Crippen molar-refractivity contribution in [2.45, 2.75) is 52.9 Å². The van der Waals surface area contributed by atoms with Crippen molar-refractivity contribution in [3.05, 3.63) is 29.8 Å². The Labute approximate surface area is 157 Å². The molecule has 1 aromatic carbocycles. The van der Waals surface area contributed by atoms with Gasteiger partial charge in [0.05, 0.1) is 13.2 Å². The Balaban J connectivity index is 2.36. The third-order valence-corrected chi connectivity index (χ3v) is 4.83. The molecule has 1 aliphatic heterocycles. The lowest BCUT2D eigenvalue weighted by atomic mass is 9.68. The van der Waals surface area contributed by atoms with Crippen LogP contribution in [0.1, 0.15) is 47.1 Å². The summed E-state index contributed by atoms with van der Waals surface area (Å²) in [5, 5.41) is 0. The molecule has 0 aromatic heterocycles. The second kappa shape index (κ2) is 7.53. The summed E-state index contributed by atoms with van der Waals surface area (Å²) in [7, 11) is 1.19. The van der Waals surface area contributed by atoms with Gasteiger partial charge in [0, 0.05) is 18.1 Å². The van der Waals surface area contributed by atoms with E-state index in [1.54, 1.807) is 19.2 Å². The molecule has 2 unspecified atom stereocenters. The van der Waals surface area contributed by atoms with Crippen LogP contribution in [0.15, 0.2) is 24.3 Å². The van der Waals surface area contributed by atoms with Gasteiger partial charge in [0.25, 0.3) is 5.79 Å². The fourth-order valence-electron chi connectivity index (χ4n) is 3.05. The molecule has 0 N–H and O–H groups in total. The monoisotopic (exact) mass is 384 g/mol. The highest BCUT2D eigenvalue weighted by atomic mass is 31.1. The van der Waals surface area contributed by atoms with E-state index in [0.717, 1.165) is 5.56 Å². The number of benzene rings is 1. The number of rotatable bonds is 7. The van der Waals surface area contributed by atoms with E-state index in [-0.39, 0.29) is 10.8 Å². The Morgan fingerprint density at radius 1 is 1.04 bits per heavy atom.